The number of halogens is 2. The molecule has 0 radical (unpaired) electrons. The molecule has 10 heteroatoms. The van der Waals surface area contributed by atoms with Gasteiger partial charge in [0.15, 0.2) is 0 Å². The lowest BCUT2D eigenvalue weighted by atomic mass is 9.97. The first-order valence-electron chi connectivity index (χ1n) is 12.5. The van der Waals surface area contributed by atoms with Gasteiger partial charge in [0, 0.05) is 35.1 Å². The molecule has 0 bridgehead atoms. The average molecular weight is 527 g/mol. The second-order valence-corrected chi connectivity index (χ2v) is 11.4. The second kappa shape index (κ2) is 10.3. The molecule has 8 nitrogen and oxygen atoms in total. The maximum absolute atomic E-state index is 13.8. The third kappa shape index (κ3) is 6.05. The molecule has 198 valence electrons. The van der Waals surface area contributed by atoms with Gasteiger partial charge in [-0.3, -0.25) is 0 Å². The van der Waals surface area contributed by atoms with E-state index in [1.54, 1.807) is 30.3 Å². The van der Waals surface area contributed by atoms with Crippen LogP contribution in [-0.2, 0) is 0 Å². The number of nitrogens with two attached hydrogens (primary N) is 2. The van der Waals surface area contributed by atoms with Crippen molar-refractivity contribution in [3.05, 3.63) is 64.7 Å². The molecule has 1 fully saturated rings. The van der Waals surface area contributed by atoms with E-state index in [-0.39, 0.29) is 11.0 Å². The molecular weight excluding hydrogens is 491 g/mol. The number of aromatic nitrogens is 3. The number of hydrogen-bond donors (Lipinski definition) is 4. The summed E-state index contributed by atoms with van der Waals surface area (Å²) in [6.07, 6.45) is 6.22. The Kier molecular flexibility index (Phi) is 7.48. The summed E-state index contributed by atoms with van der Waals surface area (Å²) in [6, 6.07) is 6.22. The van der Waals surface area contributed by atoms with Crippen LogP contribution in [0.1, 0.15) is 64.3 Å². The fourth-order valence-corrected chi connectivity index (χ4v) is 4.63. The van der Waals surface area contributed by atoms with Gasteiger partial charge in [-0.2, -0.15) is 4.39 Å². The Balaban J connectivity index is 1.74. The summed E-state index contributed by atoms with van der Waals surface area (Å²) in [5.74, 6) is 6.55. The number of hydrazine groups is 1. The second-order valence-electron chi connectivity index (χ2n) is 11.0. The smallest absolute Gasteiger partial charge is 0.213 e. The van der Waals surface area contributed by atoms with Crippen molar-refractivity contribution < 1.29 is 4.39 Å². The molecule has 0 saturated heterocycles. The van der Waals surface area contributed by atoms with E-state index < -0.39 is 12.0 Å². The summed E-state index contributed by atoms with van der Waals surface area (Å²) in [5, 5.41) is 9.85. The average Bonchev–Trinajstić information content (AvgIpc) is 3.63. The summed E-state index contributed by atoms with van der Waals surface area (Å²) in [5.41, 5.74) is 9.72. The predicted molar refractivity (Wildman–Crippen MR) is 148 cm³/mol. The molecule has 1 aromatic carbocycles. The zero-order valence-electron chi connectivity index (χ0n) is 22.1. The topological polar surface area (TPSA) is 118 Å². The van der Waals surface area contributed by atoms with E-state index in [0.29, 0.717) is 33.4 Å². The number of nitrogens with one attached hydrogen (secondary N) is 2. The first-order valence-corrected chi connectivity index (χ1v) is 12.9. The highest BCUT2D eigenvalue weighted by molar-refractivity contribution is 6.35. The highest BCUT2D eigenvalue weighted by Crippen LogP contribution is 2.43. The molecule has 2 aromatic heterocycles. The molecule has 0 aliphatic heterocycles. The Morgan fingerprint density at radius 1 is 1.27 bits per heavy atom. The highest BCUT2D eigenvalue weighted by atomic mass is 35.5. The van der Waals surface area contributed by atoms with Crippen LogP contribution in [0.5, 0.6) is 0 Å². The van der Waals surface area contributed by atoms with E-state index in [0.717, 1.165) is 36.8 Å². The quantitative estimate of drug-likeness (QED) is 0.160. The molecule has 1 saturated carbocycles. The van der Waals surface area contributed by atoms with Crippen LogP contribution in [0.4, 0.5) is 15.9 Å². The lowest BCUT2D eigenvalue weighted by Gasteiger charge is -2.28. The number of anilines is 2. The van der Waals surface area contributed by atoms with Crippen molar-refractivity contribution in [3.8, 4) is 0 Å². The Bertz CT molecular complexity index is 1320. The van der Waals surface area contributed by atoms with Gasteiger partial charge in [0.05, 0.1) is 27.8 Å². The maximum atomic E-state index is 13.8. The molecule has 1 aliphatic carbocycles. The number of nitrogens with zero attached hydrogens (tertiary/aromatic N) is 4. The molecule has 2 heterocycles. The fourth-order valence-electron chi connectivity index (χ4n) is 4.36. The van der Waals surface area contributed by atoms with Crippen LogP contribution in [0.3, 0.4) is 0 Å². The van der Waals surface area contributed by atoms with Crippen molar-refractivity contribution in [2.24, 2.45) is 17.0 Å². The zero-order chi connectivity index (χ0) is 27.0. The number of pyridine rings is 1. The SMILES string of the molecule is CCC1(N(N)/C=C(\N)C(Nc2cc(Cl)c3ncnc(NCC(C)(C)C)c3c2)c2ccc(F)nc2C)CC1. The van der Waals surface area contributed by atoms with Crippen molar-refractivity contribution in [1.29, 1.82) is 0 Å². The van der Waals surface area contributed by atoms with Crippen molar-refractivity contribution in [2.45, 2.75) is 65.5 Å². The summed E-state index contributed by atoms with van der Waals surface area (Å²) < 4.78 is 13.8. The lowest BCUT2D eigenvalue weighted by molar-refractivity contribution is 0.251. The number of aryl methyl sites for hydroxylation is 1. The molecule has 1 atom stereocenters. The number of fused-ring (bicyclic) bond motifs is 1. The van der Waals surface area contributed by atoms with Crippen LogP contribution in [0.2, 0.25) is 5.02 Å². The Morgan fingerprint density at radius 2 is 2.00 bits per heavy atom. The minimum Gasteiger partial charge on any atom is -0.399 e. The Hall–Kier alpha value is -3.17. The van der Waals surface area contributed by atoms with Gasteiger partial charge < -0.3 is 21.4 Å². The predicted octanol–water partition coefficient (Wildman–Crippen LogP) is 5.66. The minimum atomic E-state index is -0.550. The monoisotopic (exact) mass is 526 g/mol. The van der Waals surface area contributed by atoms with Crippen LogP contribution < -0.4 is 22.2 Å². The third-order valence-electron chi connectivity index (χ3n) is 6.85. The van der Waals surface area contributed by atoms with Crippen molar-refractivity contribution >= 4 is 34.0 Å². The maximum Gasteiger partial charge on any atom is 0.213 e. The summed E-state index contributed by atoms with van der Waals surface area (Å²) in [6.45, 7) is 11.0. The number of hydrogen-bond acceptors (Lipinski definition) is 8. The zero-order valence-corrected chi connectivity index (χ0v) is 22.8. The standard InChI is InChI=1S/C27H36ClFN8/c1-6-27(9-10-27)37(31)13-21(30)24(18-7-8-22(29)35-16(18)2)36-17-11-19-23(20(28)12-17)33-15-34-25(19)32-14-26(3,4)5/h7-8,11-13,15,24,36H,6,9-10,14,30-31H2,1-5H3,(H,32,33,34)/b21-13-. The van der Waals surface area contributed by atoms with E-state index in [2.05, 4.69) is 53.3 Å². The fraction of sp³-hybridized carbons (Fsp3) is 0.444. The summed E-state index contributed by atoms with van der Waals surface area (Å²) in [7, 11) is 0. The van der Waals surface area contributed by atoms with E-state index >= 15 is 0 Å². The van der Waals surface area contributed by atoms with Crippen LogP contribution in [0.15, 0.2) is 42.5 Å². The van der Waals surface area contributed by atoms with E-state index in [1.807, 2.05) is 6.07 Å². The molecule has 1 unspecified atom stereocenters. The summed E-state index contributed by atoms with van der Waals surface area (Å²) in [4.78, 5) is 12.8. The highest BCUT2D eigenvalue weighted by Gasteiger charge is 2.44. The van der Waals surface area contributed by atoms with Gasteiger partial charge in [-0.05, 0) is 49.8 Å². The molecule has 0 amide bonds. The molecule has 1 aliphatic rings. The van der Waals surface area contributed by atoms with Crippen LogP contribution >= 0.6 is 11.6 Å². The summed E-state index contributed by atoms with van der Waals surface area (Å²) >= 11 is 6.66. The van der Waals surface area contributed by atoms with Gasteiger partial charge in [-0.1, -0.05) is 45.4 Å². The van der Waals surface area contributed by atoms with Gasteiger partial charge in [0.1, 0.15) is 12.1 Å². The largest absolute Gasteiger partial charge is 0.399 e. The van der Waals surface area contributed by atoms with E-state index in [4.69, 9.17) is 23.2 Å². The van der Waals surface area contributed by atoms with Crippen molar-refractivity contribution in [2.75, 3.05) is 17.2 Å². The van der Waals surface area contributed by atoms with Crippen molar-refractivity contribution in [3.63, 3.8) is 0 Å². The van der Waals surface area contributed by atoms with Gasteiger partial charge >= 0.3 is 0 Å². The van der Waals surface area contributed by atoms with E-state index in [9.17, 15) is 4.39 Å². The normalized spacial score (nSPS) is 15.9. The first kappa shape index (κ1) is 26.9. The molecular formula is C27H36ClFN8. The Morgan fingerprint density at radius 3 is 2.62 bits per heavy atom. The van der Waals surface area contributed by atoms with Crippen LogP contribution in [0, 0.1) is 18.3 Å². The van der Waals surface area contributed by atoms with Gasteiger partial charge in [-0.25, -0.2) is 20.8 Å². The minimum absolute atomic E-state index is 0.0554. The van der Waals surface area contributed by atoms with Gasteiger partial charge in [0.2, 0.25) is 5.95 Å². The van der Waals surface area contributed by atoms with Crippen molar-refractivity contribution in [1.82, 2.24) is 20.0 Å². The number of benzene rings is 1. The lowest BCUT2D eigenvalue weighted by Crippen LogP contribution is -2.39. The van der Waals surface area contributed by atoms with Gasteiger partial charge in [-0.15, -0.1) is 0 Å². The Labute approximate surface area is 222 Å². The molecule has 6 N–H and O–H groups in total. The molecule has 3 aromatic rings. The molecule has 0 spiro atoms. The van der Waals surface area contributed by atoms with Gasteiger partial charge in [0.25, 0.3) is 0 Å². The third-order valence-corrected chi connectivity index (χ3v) is 7.14. The number of rotatable bonds is 9. The molecule has 4 rings (SSSR count). The first-order chi connectivity index (χ1) is 17.4. The van der Waals surface area contributed by atoms with Crippen LogP contribution in [-0.4, -0.2) is 32.0 Å². The van der Waals surface area contributed by atoms with Crippen LogP contribution in [0.25, 0.3) is 10.9 Å². The molecule has 37 heavy (non-hydrogen) atoms. The van der Waals surface area contributed by atoms with E-state index in [1.165, 1.54) is 12.4 Å².